The molecule has 12 atom stereocenters. The number of aliphatic hydroxyl groups is 2. The van der Waals surface area contributed by atoms with Gasteiger partial charge in [-0.1, -0.05) is 39.3 Å². The number of piperidine rings is 1. The predicted octanol–water partition coefficient (Wildman–Crippen LogP) is 4.72. The number of rotatable bonds is 0. The zero-order chi connectivity index (χ0) is 24.6. The molecule has 0 radical (unpaired) electrons. The Bertz CT molecular complexity index is 838. The van der Waals surface area contributed by atoms with Gasteiger partial charge in [-0.2, -0.15) is 0 Å². The van der Waals surface area contributed by atoms with Crippen LogP contribution in [0.4, 0.5) is 0 Å². The van der Waals surface area contributed by atoms with Crippen molar-refractivity contribution >= 4 is 5.97 Å². The van der Waals surface area contributed by atoms with Gasteiger partial charge in [-0.05, 0) is 92.3 Å². The predicted molar refractivity (Wildman–Crippen MR) is 133 cm³/mol. The van der Waals surface area contributed by atoms with E-state index in [0.29, 0.717) is 23.8 Å². The zero-order valence-electron chi connectivity index (χ0n) is 21.9. The van der Waals surface area contributed by atoms with E-state index in [9.17, 15) is 10.2 Å². The Hall–Kier alpha value is -0.910. The van der Waals surface area contributed by atoms with Crippen molar-refractivity contribution in [2.45, 2.75) is 110 Å². The minimum atomic E-state index is -0.833. The van der Waals surface area contributed by atoms with E-state index >= 15 is 0 Å². The van der Waals surface area contributed by atoms with Gasteiger partial charge in [0.15, 0.2) is 0 Å². The smallest absolute Gasteiger partial charge is 0.300 e. The van der Waals surface area contributed by atoms with Gasteiger partial charge in [-0.3, -0.25) is 9.69 Å². The average Bonchev–Trinajstić information content (AvgIpc) is 3.22. The molecule has 0 spiro atoms. The molecule has 192 valence electrons. The molecule has 0 aromatic heterocycles. The van der Waals surface area contributed by atoms with Crippen molar-refractivity contribution in [2.24, 2.45) is 46.3 Å². The van der Waals surface area contributed by atoms with Crippen LogP contribution in [0.3, 0.4) is 0 Å². The van der Waals surface area contributed by atoms with Crippen molar-refractivity contribution in [1.82, 2.24) is 4.90 Å². The van der Waals surface area contributed by atoms with Crippen molar-refractivity contribution in [3.8, 4) is 0 Å². The lowest BCUT2D eigenvalue weighted by Gasteiger charge is -2.60. The van der Waals surface area contributed by atoms with Crippen LogP contribution in [0.2, 0.25) is 0 Å². The Morgan fingerprint density at radius 1 is 1.06 bits per heavy atom. The maximum absolute atomic E-state index is 11.8. The highest BCUT2D eigenvalue weighted by molar-refractivity contribution is 5.62. The van der Waals surface area contributed by atoms with Crippen LogP contribution in [0.5, 0.6) is 0 Å². The Labute approximate surface area is 206 Å². The highest BCUT2D eigenvalue weighted by atomic mass is 16.4. The topological polar surface area (TPSA) is 81.0 Å². The van der Waals surface area contributed by atoms with Crippen molar-refractivity contribution in [1.29, 1.82) is 0 Å². The summed E-state index contributed by atoms with van der Waals surface area (Å²) in [5, 5.41) is 29.5. The normalized spacial score (nSPS) is 53.8. The summed E-state index contributed by atoms with van der Waals surface area (Å²) in [4.78, 5) is 11.9. The molecule has 0 unspecified atom stereocenters. The first-order chi connectivity index (χ1) is 16.0. The van der Waals surface area contributed by atoms with Crippen LogP contribution in [0.15, 0.2) is 11.6 Å². The van der Waals surface area contributed by atoms with Gasteiger partial charge in [-0.25, -0.2) is 0 Å². The number of fused-ring (bicyclic) bond motifs is 9. The van der Waals surface area contributed by atoms with Gasteiger partial charge in [0.1, 0.15) is 0 Å². The molecule has 0 bridgehead atoms. The maximum Gasteiger partial charge on any atom is 0.300 e. The number of aliphatic carboxylic acids is 1. The summed E-state index contributed by atoms with van der Waals surface area (Å²) in [5.41, 5.74) is 1.80. The first-order valence-corrected chi connectivity index (χ1v) is 14.0. The lowest BCUT2D eigenvalue weighted by molar-refractivity contribution is -0.135. The van der Waals surface area contributed by atoms with E-state index < -0.39 is 5.97 Å². The third kappa shape index (κ3) is 3.55. The molecular weight excluding hydrogens is 426 g/mol. The van der Waals surface area contributed by atoms with E-state index in [2.05, 4.69) is 38.7 Å². The quantitative estimate of drug-likeness (QED) is 0.444. The number of carboxylic acid groups (broad SMARTS) is 1. The lowest BCUT2D eigenvalue weighted by Crippen LogP contribution is -2.57. The van der Waals surface area contributed by atoms with Crippen molar-refractivity contribution < 1.29 is 20.1 Å². The second-order valence-corrected chi connectivity index (χ2v) is 13.4. The largest absolute Gasteiger partial charge is 0.481 e. The third-order valence-electron chi connectivity index (χ3n) is 11.8. The summed E-state index contributed by atoms with van der Waals surface area (Å²) in [6.07, 6.45) is 11.4. The molecule has 5 fully saturated rings. The van der Waals surface area contributed by atoms with Crippen molar-refractivity contribution in [3.05, 3.63) is 11.6 Å². The van der Waals surface area contributed by atoms with Crippen LogP contribution in [0, 0.1) is 46.3 Å². The number of allylic oxidation sites excluding steroid dienone is 1. The molecule has 0 amide bonds. The molecule has 4 aliphatic carbocycles. The monoisotopic (exact) mass is 473 g/mol. The zero-order valence-corrected chi connectivity index (χ0v) is 21.9. The van der Waals surface area contributed by atoms with E-state index in [-0.39, 0.29) is 23.0 Å². The van der Waals surface area contributed by atoms with E-state index in [1.807, 2.05) is 0 Å². The van der Waals surface area contributed by atoms with Crippen LogP contribution in [0.25, 0.3) is 0 Å². The SMILES string of the molecule is CC(=O)O.C[C@H]1CC[C@@H]2[C@@H](C)[C@H]3[C@H](C[C@H]4[C@@H]5CC=C6C[C@@H](O)CC[C@]6(C)[C@H]5C[C@H](O)[C@]34C)N2C1. The van der Waals surface area contributed by atoms with Crippen molar-refractivity contribution in [3.63, 3.8) is 0 Å². The summed E-state index contributed by atoms with van der Waals surface area (Å²) in [7, 11) is 0. The van der Waals surface area contributed by atoms with Crippen LogP contribution >= 0.6 is 0 Å². The molecule has 6 aliphatic rings. The van der Waals surface area contributed by atoms with Crippen molar-refractivity contribution in [2.75, 3.05) is 6.54 Å². The molecular formula is C29H47NO4. The minimum absolute atomic E-state index is 0.0850. The Balaban J connectivity index is 0.000000560. The van der Waals surface area contributed by atoms with Crippen LogP contribution in [0.1, 0.15) is 86.0 Å². The minimum Gasteiger partial charge on any atom is -0.481 e. The van der Waals surface area contributed by atoms with E-state index in [1.54, 1.807) is 0 Å². The molecule has 0 aromatic carbocycles. The highest BCUT2D eigenvalue weighted by Crippen LogP contribution is 2.69. The summed E-state index contributed by atoms with van der Waals surface area (Å²) in [5.74, 6) is 3.36. The number of hydrogen-bond donors (Lipinski definition) is 3. The number of aliphatic hydroxyl groups excluding tert-OH is 2. The van der Waals surface area contributed by atoms with Gasteiger partial charge in [0, 0.05) is 31.0 Å². The molecule has 5 heteroatoms. The average molecular weight is 474 g/mol. The van der Waals surface area contributed by atoms with Gasteiger partial charge in [-0.15, -0.1) is 0 Å². The second kappa shape index (κ2) is 8.59. The standard InChI is InChI=1S/C27H43NO2.C2H4O2/c1-15-5-8-22-16(2)25-23(28(22)14-15)12-21-19-7-6-17-11-18(29)9-10-26(17,3)20(19)13-24(30)27(21,25)4;1-2(3)4/h6,15-16,18-25,29-30H,5,7-14H2,1-4H3;1H3,(H,3,4)/t15-,16+,18-,19+,20-,21-,22+,23-,24-,25-,26-,27+;/m0./s1. The van der Waals surface area contributed by atoms with E-state index in [1.165, 1.54) is 37.8 Å². The number of carboxylic acids is 1. The second-order valence-electron chi connectivity index (χ2n) is 13.4. The van der Waals surface area contributed by atoms with Gasteiger partial charge in [0.25, 0.3) is 5.97 Å². The summed E-state index contributed by atoms with van der Waals surface area (Å²) >= 11 is 0. The molecule has 2 saturated heterocycles. The lowest BCUT2D eigenvalue weighted by atomic mass is 9.46. The third-order valence-corrected chi connectivity index (χ3v) is 11.8. The molecule has 34 heavy (non-hydrogen) atoms. The highest BCUT2D eigenvalue weighted by Gasteiger charge is 2.69. The molecule has 6 rings (SSSR count). The van der Waals surface area contributed by atoms with Gasteiger partial charge in [0.05, 0.1) is 12.2 Å². The van der Waals surface area contributed by atoms with E-state index in [4.69, 9.17) is 9.90 Å². The summed E-state index contributed by atoms with van der Waals surface area (Å²) in [6.45, 7) is 12.3. The molecule has 0 aromatic rings. The Morgan fingerprint density at radius 2 is 1.76 bits per heavy atom. The first kappa shape index (κ1) is 24.8. The fraction of sp³-hybridized carbons (Fsp3) is 0.897. The van der Waals surface area contributed by atoms with Crippen LogP contribution in [-0.2, 0) is 4.79 Å². The summed E-state index contributed by atoms with van der Waals surface area (Å²) in [6, 6.07) is 1.46. The fourth-order valence-electron chi connectivity index (χ4n) is 10.3. The van der Waals surface area contributed by atoms with Crippen LogP contribution in [-0.4, -0.2) is 57.0 Å². The molecule has 3 N–H and O–H groups in total. The van der Waals surface area contributed by atoms with Gasteiger partial charge < -0.3 is 15.3 Å². The summed E-state index contributed by atoms with van der Waals surface area (Å²) < 4.78 is 0. The maximum atomic E-state index is 11.8. The first-order valence-electron chi connectivity index (χ1n) is 14.0. The van der Waals surface area contributed by atoms with Gasteiger partial charge in [0.2, 0.25) is 0 Å². The molecule has 2 aliphatic heterocycles. The Kier molecular flexibility index (Phi) is 6.26. The number of nitrogens with zero attached hydrogens (tertiary/aromatic N) is 1. The molecule has 3 saturated carbocycles. The molecule has 5 nitrogen and oxygen atoms in total. The molecule has 2 heterocycles. The fourth-order valence-corrected chi connectivity index (χ4v) is 10.3. The van der Waals surface area contributed by atoms with Gasteiger partial charge >= 0.3 is 0 Å². The Morgan fingerprint density at radius 3 is 2.47 bits per heavy atom. The van der Waals surface area contributed by atoms with Crippen LogP contribution < -0.4 is 0 Å². The number of carbonyl (C=O) groups is 1. The number of hydrogen-bond acceptors (Lipinski definition) is 4. The van der Waals surface area contributed by atoms with E-state index in [0.717, 1.165) is 56.4 Å².